The van der Waals surface area contributed by atoms with Gasteiger partial charge in [-0.1, -0.05) is 23.7 Å². The number of hydrogen-bond donors (Lipinski definition) is 2. The Morgan fingerprint density at radius 2 is 2.16 bits per heavy atom. The zero-order valence-corrected chi connectivity index (χ0v) is 14.2. The minimum Gasteiger partial charge on any atom is -0.420 e. The van der Waals surface area contributed by atoms with E-state index in [0.29, 0.717) is 11.3 Å². The number of H-pyrrole nitrogens is 1. The summed E-state index contributed by atoms with van der Waals surface area (Å²) in [5.41, 5.74) is 7.34. The van der Waals surface area contributed by atoms with Crippen molar-refractivity contribution in [1.29, 1.82) is 5.26 Å². The second-order valence-corrected chi connectivity index (χ2v) is 6.71. The van der Waals surface area contributed by atoms with Crippen LogP contribution in [0.4, 0.5) is 4.39 Å². The molecule has 0 unspecified atom stereocenters. The van der Waals surface area contributed by atoms with Crippen molar-refractivity contribution < 1.29 is 9.13 Å². The molecular weight excluding hydrogens is 363 g/mol. The third-order valence-electron chi connectivity index (χ3n) is 3.99. The molecule has 1 aliphatic heterocycles. The van der Waals surface area contributed by atoms with Gasteiger partial charge in [0.25, 0.3) is 0 Å². The lowest BCUT2D eigenvalue weighted by Crippen LogP contribution is -2.21. The van der Waals surface area contributed by atoms with Crippen molar-refractivity contribution in [3.63, 3.8) is 0 Å². The molecule has 0 spiro atoms. The van der Waals surface area contributed by atoms with Crippen LogP contribution in [0, 0.1) is 17.1 Å². The molecule has 1 atom stereocenters. The van der Waals surface area contributed by atoms with E-state index < -0.39 is 11.7 Å². The molecule has 25 heavy (non-hydrogen) atoms. The summed E-state index contributed by atoms with van der Waals surface area (Å²) in [6.45, 7) is 0. The van der Waals surface area contributed by atoms with Crippen LogP contribution in [0.1, 0.15) is 17.0 Å². The van der Waals surface area contributed by atoms with Gasteiger partial charge in [-0.25, -0.2) is 4.39 Å². The van der Waals surface area contributed by atoms with Crippen LogP contribution < -0.4 is 10.5 Å². The molecule has 0 aliphatic carbocycles. The van der Waals surface area contributed by atoms with Crippen LogP contribution >= 0.6 is 22.9 Å². The average molecular weight is 373 g/mol. The molecule has 1 aromatic carbocycles. The molecule has 3 N–H and O–H groups in total. The molecule has 0 radical (unpaired) electrons. The first kappa shape index (κ1) is 15.7. The minimum atomic E-state index is -0.807. The SMILES string of the molecule is N#CC1=C(N)Oc2n[nH]c(-c3cccs3)c2[C@H]1c1c(F)cccc1Cl. The van der Waals surface area contributed by atoms with Gasteiger partial charge in [0.2, 0.25) is 11.8 Å². The van der Waals surface area contributed by atoms with Crippen molar-refractivity contribution in [3.05, 3.63) is 69.1 Å². The highest BCUT2D eigenvalue weighted by atomic mass is 35.5. The van der Waals surface area contributed by atoms with Crippen molar-refractivity contribution in [3.8, 4) is 22.5 Å². The normalized spacial score (nSPS) is 16.3. The molecule has 0 saturated heterocycles. The smallest absolute Gasteiger partial charge is 0.244 e. The Morgan fingerprint density at radius 3 is 2.84 bits per heavy atom. The molecule has 8 heteroatoms. The number of ether oxygens (including phenoxy) is 1. The van der Waals surface area contributed by atoms with Crippen molar-refractivity contribution >= 4 is 22.9 Å². The van der Waals surface area contributed by atoms with E-state index >= 15 is 0 Å². The first-order chi connectivity index (χ1) is 12.1. The van der Waals surface area contributed by atoms with Crippen molar-refractivity contribution in [2.75, 3.05) is 0 Å². The van der Waals surface area contributed by atoms with Crippen LogP contribution in [-0.4, -0.2) is 10.2 Å². The Morgan fingerprint density at radius 1 is 1.32 bits per heavy atom. The van der Waals surface area contributed by atoms with Crippen molar-refractivity contribution in [2.45, 2.75) is 5.92 Å². The Labute approximate surface area is 151 Å². The summed E-state index contributed by atoms with van der Waals surface area (Å²) in [4.78, 5) is 0.882. The van der Waals surface area contributed by atoms with Gasteiger partial charge in [0.05, 0.1) is 22.1 Å². The zero-order valence-electron chi connectivity index (χ0n) is 12.6. The first-order valence-corrected chi connectivity index (χ1v) is 8.51. The standard InChI is InChI=1S/C17H10ClFN4OS/c18-9-3-1-4-10(19)13(9)12-8(7-20)16(21)24-17-14(12)15(22-23-17)11-5-2-6-25-11/h1-6,12H,21H2,(H,22,23)/t12-/m1/s1. The van der Waals surface area contributed by atoms with Crippen LogP contribution in [0.5, 0.6) is 5.88 Å². The van der Waals surface area contributed by atoms with Gasteiger partial charge >= 0.3 is 0 Å². The molecule has 4 rings (SSSR count). The Bertz CT molecular complexity index is 1020. The number of hydrogen-bond acceptors (Lipinski definition) is 5. The lowest BCUT2D eigenvalue weighted by atomic mass is 9.83. The van der Waals surface area contributed by atoms with Gasteiger partial charge in [-0.3, -0.25) is 5.10 Å². The fourth-order valence-corrected chi connectivity index (χ4v) is 3.94. The number of aromatic nitrogens is 2. The number of halogens is 2. The first-order valence-electron chi connectivity index (χ1n) is 7.25. The summed E-state index contributed by atoms with van der Waals surface area (Å²) in [6, 6.07) is 10.2. The van der Waals surface area contributed by atoms with Gasteiger partial charge in [-0.05, 0) is 23.6 Å². The van der Waals surface area contributed by atoms with Crippen LogP contribution in [-0.2, 0) is 0 Å². The number of allylic oxidation sites excluding steroid dienone is 1. The summed E-state index contributed by atoms with van der Waals surface area (Å²) >= 11 is 7.75. The van der Waals surface area contributed by atoms with E-state index in [4.69, 9.17) is 22.1 Å². The zero-order chi connectivity index (χ0) is 17.6. The minimum absolute atomic E-state index is 0.0960. The van der Waals surface area contributed by atoms with Crippen LogP contribution in [0.3, 0.4) is 0 Å². The van der Waals surface area contributed by atoms with E-state index in [1.54, 1.807) is 6.07 Å². The predicted octanol–water partition coefficient (Wildman–Crippen LogP) is 4.15. The number of rotatable bonds is 2. The van der Waals surface area contributed by atoms with E-state index in [0.717, 1.165) is 4.88 Å². The number of aromatic amines is 1. The fraction of sp³-hybridized carbons (Fsp3) is 0.0588. The van der Waals surface area contributed by atoms with Crippen LogP contribution in [0.2, 0.25) is 5.02 Å². The Kier molecular flexibility index (Phi) is 3.71. The molecular formula is C17H10ClFN4OS. The van der Waals surface area contributed by atoms with Crippen LogP contribution in [0.15, 0.2) is 47.2 Å². The number of thiophene rings is 1. The largest absolute Gasteiger partial charge is 0.420 e. The average Bonchev–Trinajstić information content (AvgIpc) is 3.23. The third kappa shape index (κ3) is 2.38. The fourth-order valence-electron chi connectivity index (χ4n) is 2.93. The van der Waals surface area contributed by atoms with Gasteiger partial charge in [0, 0.05) is 10.6 Å². The highest BCUT2D eigenvalue weighted by Crippen LogP contribution is 2.48. The highest BCUT2D eigenvalue weighted by Gasteiger charge is 2.38. The lowest BCUT2D eigenvalue weighted by Gasteiger charge is -2.24. The maximum absolute atomic E-state index is 14.6. The molecule has 2 aromatic heterocycles. The summed E-state index contributed by atoms with van der Waals surface area (Å²) < 4.78 is 20.1. The predicted molar refractivity (Wildman–Crippen MR) is 92.6 cm³/mol. The number of nitriles is 1. The molecule has 124 valence electrons. The molecule has 0 saturated carbocycles. The Balaban J connectivity index is 2.03. The molecule has 3 heterocycles. The molecule has 3 aromatic rings. The lowest BCUT2D eigenvalue weighted by molar-refractivity contribution is 0.378. The maximum atomic E-state index is 14.6. The van der Waals surface area contributed by atoms with E-state index in [2.05, 4.69) is 10.2 Å². The summed E-state index contributed by atoms with van der Waals surface area (Å²) in [5, 5.41) is 18.8. The summed E-state index contributed by atoms with van der Waals surface area (Å²) in [5.74, 6) is -1.23. The molecule has 5 nitrogen and oxygen atoms in total. The van der Waals surface area contributed by atoms with Gasteiger partial charge < -0.3 is 10.5 Å². The number of fused-ring (bicyclic) bond motifs is 1. The second-order valence-electron chi connectivity index (χ2n) is 5.35. The van der Waals surface area contributed by atoms with E-state index in [1.165, 1.54) is 23.5 Å². The quantitative estimate of drug-likeness (QED) is 0.707. The van der Waals surface area contributed by atoms with Crippen molar-refractivity contribution in [1.82, 2.24) is 10.2 Å². The van der Waals surface area contributed by atoms with Gasteiger partial charge in [-0.15, -0.1) is 16.4 Å². The monoisotopic (exact) mass is 372 g/mol. The van der Waals surface area contributed by atoms with E-state index in [1.807, 2.05) is 23.6 Å². The van der Waals surface area contributed by atoms with Gasteiger partial charge in [-0.2, -0.15) is 5.26 Å². The third-order valence-corrected chi connectivity index (χ3v) is 5.21. The highest BCUT2D eigenvalue weighted by molar-refractivity contribution is 7.13. The number of nitrogens with two attached hydrogens (primary N) is 1. The molecule has 1 aliphatic rings. The van der Waals surface area contributed by atoms with Gasteiger partial charge in [0.15, 0.2) is 0 Å². The maximum Gasteiger partial charge on any atom is 0.244 e. The van der Waals surface area contributed by atoms with Gasteiger partial charge in [0.1, 0.15) is 17.5 Å². The van der Waals surface area contributed by atoms with E-state index in [9.17, 15) is 9.65 Å². The Hall–Kier alpha value is -2.82. The summed E-state index contributed by atoms with van der Waals surface area (Å²) in [6.07, 6.45) is 0. The van der Waals surface area contributed by atoms with Crippen molar-refractivity contribution in [2.24, 2.45) is 5.73 Å². The summed E-state index contributed by atoms with van der Waals surface area (Å²) in [7, 11) is 0. The number of nitrogens with zero attached hydrogens (tertiary/aromatic N) is 2. The topological polar surface area (TPSA) is 87.7 Å². The van der Waals surface area contributed by atoms with E-state index in [-0.39, 0.29) is 27.9 Å². The van der Waals surface area contributed by atoms with Crippen LogP contribution in [0.25, 0.3) is 10.6 Å². The molecule has 0 amide bonds. The number of benzene rings is 1. The molecule has 0 bridgehead atoms. The number of nitrogens with one attached hydrogen (secondary N) is 1. The second kappa shape index (κ2) is 5.92. The molecule has 0 fully saturated rings.